The summed E-state index contributed by atoms with van der Waals surface area (Å²) in [6, 6.07) is 13.9. The van der Waals surface area contributed by atoms with E-state index in [1.54, 1.807) is 0 Å². The van der Waals surface area contributed by atoms with Crippen molar-refractivity contribution >= 4 is 46.5 Å². The first kappa shape index (κ1) is 23.2. The van der Waals surface area contributed by atoms with Crippen molar-refractivity contribution in [2.45, 2.75) is 50.5 Å². The number of carbonyl (C=O) groups excluding carboxylic acids is 1. The predicted octanol–water partition coefficient (Wildman–Crippen LogP) is 6.64. The standard InChI is InChI=1S/C26H27Cl3N2O2/c1-26-11-10-19(18-9-8-17(28)13-21(18)29)23(15-4-6-16(27)7-5-15)20(26)14-30-25(26)31-24(32)22-3-2-12-33-22/h4-9,13,19-20,22-23H,2-3,10-12,14H2,1H3,(H,30,31,32)/t19-,20-,22?,23-,26+/m0/s1. The first-order valence-electron chi connectivity index (χ1n) is 11.5. The monoisotopic (exact) mass is 504 g/mol. The third-order valence-corrected chi connectivity index (χ3v) is 8.54. The lowest BCUT2D eigenvalue weighted by Gasteiger charge is -2.47. The van der Waals surface area contributed by atoms with Gasteiger partial charge < -0.3 is 10.1 Å². The van der Waals surface area contributed by atoms with Crippen molar-refractivity contribution in [1.29, 1.82) is 0 Å². The maximum absolute atomic E-state index is 12.8. The molecule has 2 aromatic rings. The summed E-state index contributed by atoms with van der Waals surface area (Å²) in [4.78, 5) is 17.7. The van der Waals surface area contributed by atoms with Crippen LogP contribution in [0.3, 0.4) is 0 Å². The highest BCUT2D eigenvalue weighted by molar-refractivity contribution is 6.35. The number of hydrogen-bond acceptors (Lipinski definition) is 3. The summed E-state index contributed by atoms with van der Waals surface area (Å²) < 4.78 is 5.59. The minimum absolute atomic E-state index is 0.0703. The van der Waals surface area contributed by atoms with Gasteiger partial charge in [-0.2, -0.15) is 0 Å². The molecule has 1 N–H and O–H groups in total. The fraction of sp³-hybridized carbons (Fsp3) is 0.462. The van der Waals surface area contributed by atoms with Crippen molar-refractivity contribution in [3.63, 3.8) is 0 Å². The van der Waals surface area contributed by atoms with Gasteiger partial charge >= 0.3 is 0 Å². The molecule has 1 unspecified atom stereocenters. The Balaban J connectivity index is 1.48. The molecule has 1 saturated carbocycles. The number of amides is 1. The van der Waals surface area contributed by atoms with Gasteiger partial charge in [0.1, 0.15) is 11.9 Å². The number of benzene rings is 2. The van der Waals surface area contributed by atoms with E-state index in [1.807, 2.05) is 24.3 Å². The SMILES string of the molecule is C[C@@]12CC[C@@H](c3ccc(Cl)cc3Cl)[C@H](c3ccc(Cl)cc3)[C@@H]1CN=C2NC(=O)C1CCCO1. The van der Waals surface area contributed by atoms with E-state index in [0.717, 1.165) is 37.1 Å². The number of fused-ring (bicyclic) bond motifs is 1. The van der Waals surface area contributed by atoms with Gasteiger partial charge in [0.2, 0.25) is 0 Å². The van der Waals surface area contributed by atoms with Gasteiger partial charge in [0.25, 0.3) is 5.91 Å². The van der Waals surface area contributed by atoms with Crippen LogP contribution in [0.25, 0.3) is 0 Å². The second-order valence-electron chi connectivity index (χ2n) is 9.59. The molecule has 5 rings (SSSR count). The van der Waals surface area contributed by atoms with Gasteiger partial charge in [0.15, 0.2) is 0 Å². The van der Waals surface area contributed by atoms with Crippen molar-refractivity contribution in [2.24, 2.45) is 16.3 Å². The second-order valence-corrected chi connectivity index (χ2v) is 10.9. The number of hydrogen-bond donors (Lipinski definition) is 1. The van der Waals surface area contributed by atoms with Crippen molar-refractivity contribution in [1.82, 2.24) is 5.32 Å². The van der Waals surface area contributed by atoms with Crippen LogP contribution in [0.15, 0.2) is 47.5 Å². The first-order valence-corrected chi connectivity index (χ1v) is 12.7. The second kappa shape index (κ2) is 9.22. The molecule has 2 aliphatic heterocycles. The quantitative estimate of drug-likeness (QED) is 0.508. The van der Waals surface area contributed by atoms with E-state index >= 15 is 0 Å². The Morgan fingerprint density at radius 1 is 1.09 bits per heavy atom. The van der Waals surface area contributed by atoms with Crippen molar-refractivity contribution in [3.05, 3.63) is 68.7 Å². The maximum atomic E-state index is 12.8. The van der Waals surface area contributed by atoms with Crippen LogP contribution in [-0.2, 0) is 9.53 Å². The molecule has 2 heterocycles. The summed E-state index contributed by atoms with van der Waals surface area (Å²) in [5, 5.41) is 5.18. The van der Waals surface area contributed by atoms with E-state index in [-0.39, 0.29) is 35.2 Å². The molecule has 2 fully saturated rings. The number of halogens is 3. The Hall–Kier alpha value is -1.59. The average molecular weight is 506 g/mol. The Morgan fingerprint density at radius 3 is 2.55 bits per heavy atom. The zero-order chi connectivity index (χ0) is 23.2. The van der Waals surface area contributed by atoms with Gasteiger partial charge in [-0.1, -0.05) is 59.9 Å². The highest BCUT2D eigenvalue weighted by atomic mass is 35.5. The van der Waals surface area contributed by atoms with E-state index in [9.17, 15) is 4.79 Å². The van der Waals surface area contributed by atoms with Gasteiger partial charge in [-0.3, -0.25) is 9.79 Å². The van der Waals surface area contributed by atoms with Gasteiger partial charge in [0.05, 0.1) is 0 Å². The molecular formula is C26H27Cl3N2O2. The predicted molar refractivity (Wildman–Crippen MR) is 134 cm³/mol. The topological polar surface area (TPSA) is 50.7 Å². The molecule has 0 bridgehead atoms. The summed E-state index contributed by atoms with van der Waals surface area (Å²) in [6.07, 6.45) is 3.16. The van der Waals surface area contributed by atoms with Crippen LogP contribution in [-0.4, -0.2) is 31.0 Å². The molecular weight excluding hydrogens is 479 g/mol. The van der Waals surface area contributed by atoms with Crippen LogP contribution in [0.1, 0.15) is 55.6 Å². The normalized spacial score (nSPS) is 31.2. The lowest BCUT2D eigenvalue weighted by Crippen LogP contribution is -2.50. The summed E-state index contributed by atoms with van der Waals surface area (Å²) in [7, 11) is 0. The molecule has 33 heavy (non-hydrogen) atoms. The number of amidine groups is 1. The third kappa shape index (κ3) is 4.32. The molecule has 0 radical (unpaired) electrons. The zero-order valence-corrected chi connectivity index (χ0v) is 20.8. The van der Waals surface area contributed by atoms with Gasteiger partial charge in [0, 0.05) is 33.6 Å². The molecule has 4 nitrogen and oxygen atoms in total. The van der Waals surface area contributed by atoms with E-state index in [0.29, 0.717) is 28.2 Å². The molecule has 0 aromatic heterocycles. The van der Waals surface area contributed by atoms with Crippen LogP contribution in [0.4, 0.5) is 0 Å². The van der Waals surface area contributed by atoms with Gasteiger partial charge in [-0.25, -0.2) is 0 Å². The summed E-state index contributed by atoms with van der Waals surface area (Å²) in [5.74, 6) is 1.36. The molecule has 1 aliphatic carbocycles. The highest BCUT2D eigenvalue weighted by Gasteiger charge is 2.53. The number of ether oxygens (including phenoxy) is 1. The fourth-order valence-electron chi connectivity index (χ4n) is 5.94. The fourth-order valence-corrected chi connectivity index (χ4v) is 6.62. The molecule has 2 aromatic carbocycles. The molecule has 0 spiro atoms. The number of rotatable bonds is 3. The van der Waals surface area contributed by atoms with Crippen molar-refractivity contribution in [2.75, 3.05) is 13.2 Å². The molecule has 5 atom stereocenters. The average Bonchev–Trinajstić information content (AvgIpc) is 3.43. The molecule has 174 valence electrons. The summed E-state index contributed by atoms with van der Waals surface area (Å²) in [5.41, 5.74) is 2.10. The largest absolute Gasteiger partial charge is 0.368 e. The van der Waals surface area contributed by atoms with Crippen LogP contribution < -0.4 is 5.32 Å². The minimum atomic E-state index is -0.369. The Labute approximate surface area is 209 Å². The molecule has 3 aliphatic rings. The van der Waals surface area contributed by atoms with E-state index in [1.165, 1.54) is 5.56 Å². The molecule has 7 heteroatoms. The Bertz CT molecular complexity index is 1080. The zero-order valence-electron chi connectivity index (χ0n) is 18.5. The van der Waals surface area contributed by atoms with Gasteiger partial charge in [-0.15, -0.1) is 0 Å². The van der Waals surface area contributed by atoms with Crippen LogP contribution in [0, 0.1) is 11.3 Å². The number of nitrogens with one attached hydrogen (secondary N) is 1. The minimum Gasteiger partial charge on any atom is -0.368 e. The van der Waals surface area contributed by atoms with E-state index in [4.69, 9.17) is 44.5 Å². The van der Waals surface area contributed by atoms with Crippen LogP contribution >= 0.6 is 34.8 Å². The van der Waals surface area contributed by atoms with E-state index < -0.39 is 0 Å². The summed E-state index contributed by atoms with van der Waals surface area (Å²) in [6.45, 7) is 3.54. The van der Waals surface area contributed by atoms with Crippen LogP contribution in [0.2, 0.25) is 15.1 Å². The van der Waals surface area contributed by atoms with Gasteiger partial charge in [-0.05, 0) is 78.8 Å². The lowest BCUT2D eigenvalue weighted by atomic mass is 9.56. The highest BCUT2D eigenvalue weighted by Crippen LogP contribution is 2.58. The molecule has 1 saturated heterocycles. The third-order valence-electron chi connectivity index (χ3n) is 7.73. The van der Waals surface area contributed by atoms with Crippen molar-refractivity contribution < 1.29 is 9.53 Å². The first-order chi connectivity index (χ1) is 15.9. The van der Waals surface area contributed by atoms with E-state index in [2.05, 4.69) is 30.4 Å². The smallest absolute Gasteiger partial charge is 0.254 e. The number of carbonyl (C=O) groups is 1. The summed E-state index contributed by atoms with van der Waals surface area (Å²) >= 11 is 19.1. The lowest BCUT2D eigenvalue weighted by molar-refractivity contribution is -0.128. The van der Waals surface area contributed by atoms with Crippen LogP contribution in [0.5, 0.6) is 0 Å². The van der Waals surface area contributed by atoms with Crippen molar-refractivity contribution in [3.8, 4) is 0 Å². The maximum Gasteiger partial charge on any atom is 0.254 e. The molecule has 1 amide bonds. The number of nitrogens with zero attached hydrogens (tertiary/aromatic N) is 1. The number of aliphatic imine (C=N–C) groups is 1. The Kier molecular flexibility index (Phi) is 6.47. The Morgan fingerprint density at radius 2 is 1.85 bits per heavy atom.